The van der Waals surface area contributed by atoms with Crippen LogP contribution in [0.15, 0.2) is 30.3 Å². The van der Waals surface area contributed by atoms with Crippen LogP contribution in [-0.4, -0.2) is 53.0 Å². The lowest BCUT2D eigenvalue weighted by Gasteiger charge is -2.37. The van der Waals surface area contributed by atoms with E-state index in [0.29, 0.717) is 0 Å². The lowest BCUT2D eigenvalue weighted by atomic mass is 9.87. The number of aliphatic hydroxyl groups excluding tert-OH is 1. The van der Waals surface area contributed by atoms with Gasteiger partial charge >= 0.3 is 0 Å². The van der Waals surface area contributed by atoms with Crippen molar-refractivity contribution in [3.05, 3.63) is 35.9 Å². The molecule has 2 atom stereocenters. The molecule has 2 unspecified atom stereocenters. The Bertz CT molecular complexity index is 532. The molecular formula is C21H32N2O2. The summed E-state index contributed by atoms with van der Waals surface area (Å²) >= 11 is 0. The Morgan fingerprint density at radius 1 is 1.00 bits per heavy atom. The van der Waals surface area contributed by atoms with E-state index in [2.05, 4.69) is 11.8 Å². The Morgan fingerprint density at radius 2 is 1.60 bits per heavy atom. The molecule has 1 N–H and O–H groups in total. The molecule has 2 heterocycles. The number of nitrogens with zero attached hydrogens (tertiary/aromatic N) is 2. The molecule has 138 valence electrons. The van der Waals surface area contributed by atoms with E-state index < -0.39 is 6.10 Å². The normalized spacial score (nSPS) is 23.0. The van der Waals surface area contributed by atoms with E-state index >= 15 is 0 Å². The van der Waals surface area contributed by atoms with Crippen molar-refractivity contribution in [3.63, 3.8) is 0 Å². The van der Waals surface area contributed by atoms with Gasteiger partial charge < -0.3 is 10.0 Å². The van der Waals surface area contributed by atoms with Gasteiger partial charge in [-0.05, 0) is 57.2 Å². The van der Waals surface area contributed by atoms with Gasteiger partial charge in [0.2, 0.25) is 5.91 Å². The highest BCUT2D eigenvalue weighted by atomic mass is 16.3. The highest BCUT2D eigenvalue weighted by Crippen LogP contribution is 2.31. The van der Waals surface area contributed by atoms with Gasteiger partial charge in [0.05, 0.1) is 12.1 Å². The number of rotatable bonds is 4. The van der Waals surface area contributed by atoms with Gasteiger partial charge in [0.25, 0.3) is 0 Å². The second kappa shape index (κ2) is 8.81. The van der Waals surface area contributed by atoms with Gasteiger partial charge in [0.1, 0.15) is 0 Å². The number of hydrogen-bond donors (Lipinski definition) is 1. The summed E-state index contributed by atoms with van der Waals surface area (Å²) in [6.07, 6.45) is 6.36. The van der Waals surface area contributed by atoms with E-state index in [4.69, 9.17) is 0 Å². The van der Waals surface area contributed by atoms with Crippen LogP contribution in [0, 0.1) is 5.92 Å². The van der Waals surface area contributed by atoms with Crippen molar-refractivity contribution in [1.82, 2.24) is 9.80 Å². The SMILES string of the molecule is CC(C(=O)N1CCC(C(O)c2ccccc2)CC1)N1CCCCCC1. The quantitative estimate of drug-likeness (QED) is 0.912. The summed E-state index contributed by atoms with van der Waals surface area (Å²) in [6.45, 7) is 5.71. The van der Waals surface area contributed by atoms with Crippen LogP contribution in [0.5, 0.6) is 0 Å². The summed E-state index contributed by atoms with van der Waals surface area (Å²) < 4.78 is 0. The predicted molar refractivity (Wildman–Crippen MR) is 100 cm³/mol. The van der Waals surface area contributed by atoms with Crippen molar-refractivity contribution in [2.24, 2.45) is 5.92 Å². The van der Waals surface area contributed by atoms with Crippen LogP contribution in [0.4, 0.5) is 0 Å². The van der Waals surface area contributed by atoms with Gasteiger partial charge in [-0.3, -0.25) is 9.69 Å². The fourth-order valence-electron chi connectivity index (χ4n) is 4.26. The van der Waals surface area contributed by atoms with Crippen molar-refractivity contribution >= 4 is 5.91 Å². The predicted octanol–water partition coefficient (Wildman–Crippen LogP) is 3.22. The van der Waals surface area contributed by atoms with E-state index in [-0.39, 0.29) is 17.9 Å². The summed E-state index contributed by atoms with van der Waals surface area (Å²) in [5.74, 6) is 0.523. The van der Waals surface area contributed by atoms with Crippen molar-refractivity contribution in [2.45, 2.75) is 57.6 Å². The fourth-order valence-corrected chi connectivity index (χ4v) is 4.26. The summed E-state index contributed by atoms with van der Waals surface area (Å²) in [7, 11) is 0. The van der Waals surface area contributed by atoms with Crippen LogP contribution in [0.3, 0.4) is 0 Å². The Kier molecular flexibility index (Phi) is 6.49. The zero-order valence-corrected chi connectivity index (χ0v) is 15.4. The summed E-state index contributed by atoms with van der Waals surface area (Å²) in [6, 6.07) is 9.89. The minimum Gasteiger partial charge on any atom is -0.388 e. The molecule has 4 heteroatoms. The van der Waals surface area contributed by atoms with Crippen LogP contribution in [-0.2, 0) is 4.79 Å². The number of likely N-dealkylation sites (tertiary alicyclic amines) is 2. The molecule has 1 amide bonds. The smallest absolute Gasteiger partial charge is 0.239 e. The lowest BCUT2D eigenvalue weighted by molar-refractivity contribution is -0.138. The van der Waals surface area contributed by atoms with Gasteiger partial charge in [-0.2, -0.15) is 0 Å². The van der Waals surface area contributed by atoms with E-state index in [0.717, 1.165) is 44.6 Å². The first kappa shape index (κ1) is 18.4. The molecule has 0 saturated carbocycles. The zero-order chi connectivity index (χ0) is 17.6. The van der Waals surface area contributed by atoms with Crippen molar-refractivity contribution in [3.8, 4) is 0 Å². The summed E-state index contributed by atoms with van der Waals surface area (Å²) in [4.78, 5) is 17.3. The molecule has 0 aromatic heterocycles. The summed E-state index contributed by atoms with van der Waals surface area (Å²) in [5, 5.41) is 10.6. The minimum absolute atomic E-state index is 0.00584. The Hall–Kier alpha value is -1.39. The molecule has 0 bridgehead atoms. The van der Waals surface area contributed by atoms with Gasteiger partial charge in [-0.25, -0.2) is 0 Å². The maximum Gasteiger partial charge on any atom is 0.239 e. The third kappa shape index (κ3) is 4.62. The first-order valence-corrected chi connectivity index (χ1v) is 9.92. The van der Waals surface area contributed by atoms with Crippen molar-refractivity contribution in [2.75, 3.05) is 26.2 Å². The Labute approximate surface area is 151 Å². The number of amides is 1. The van der Waals surface area contributed by atoms with Crippen LogP contribution in [0.1, 0.15) is 57.1 Å². The largest absolute Gasteiger partial charge is 0.388 e. The topological polar surface area (TPSA) is 43.8 Å². The number of hydrogen-bond acceptors (Lipinski definition) is 3. The van der Waals surface area contributed by atoms with E-state index in [1.165, 1.54) is 25.7 Å². The number of aliphatic hydroxyl groups is 1. The molecular weight excluding hydrogens is 312 g/mol. The maximum absolute atomic E-state index is 12.9. The number of piperidine rings is 1. The average molecular weight is 344 g/mol. The monoisotopic (exact) mass is 344 g/mol. The standard InChI is InChI=1S/C21H32N2O2/c1-17(22-13-7-2-3-8-14-22)21(25)23-15-11-19(12-16-23)20(24)18-9-5-4-6-10-18/h4-6,9-10,17,19-20,24H,2-3,7-8,11-16H2,1H3. The Balaban J connectivity index is 1.52. The van der Waals surface area contributed by atoms with E-state index in [1.807, 2.05) is 35.2 Å². The third-order valence-corrected chi connectivity index (χ3v) is 5.98. The third-order valence-electron chi connectivity index (χ3n) is 5.98. The number of carbonyl (C=O) groups is 1. The Morgan fingerprint density at radius 3 is 2.20 bits per heavy atom. The molecule has 1 aromatic carbocycles. The minimum atomic E-state index is -0.415. The molecule has 3 rings (SSSR count). The van der Waals surface area contributed by atoms with Crippen LogP contribution >= 0.6 is 0 Å². The average Bonchev–Trinajstić information content (AvgIpc) is 2.96. The van der Waals surface area contributed by atoms with Gasteiger partial charge in [-0.1, -0.05) is 43.2 Å². The highest BCUT2D eigenvalue weighted by Gasteiger charge is 2.31. The van der Waals surface area contributed by atoms with Gasteiger partial charge in [0.15, 0.2) is 0 Å². The van der Waals surface area contributed by atoms with E-state index in [1.54, 1.807) is 0 Å². The van der Waals surface area contributed by atoms with E-state index in [9.17, 15) is 9.90 Å². The lowest BCUT2D eigenvalue weighted by Crippen LogP contribution is -2.50. The molecule has 2 aliphatic heterocycles. The fraction of sp³-hybridized carbons (Fsp3) is 0.667. The second-order valence-electron chi connectivity index (χ2n) is 7.64. The summed E-state index contributed by atoms with van der Waals surface area (Å²) in [5.41, 5.74) is 0.991. The number of carbonyl (C=O) groups excluding carboxylic acids is 1. The molecule has 0 radical (unpaired) electrons. The van der Waals surface area contributed by atoms with Crippen LogP contribution in [0.2, 0.25) is 0 Å². The van der Waals surface area contributed by atoms with Crippen molar-refractivity contribution in [1.29, 1.82) is 0 Å². The second-order valence-corrected chi connectivity index (χ2v) is 7.64. The van der Waals surface area contributed by atoms with Crippen LogP contribution < -0.4 is 0 Å². The molecule has 1 aromatic rings. The molecule has 0 spiro atoms. The zero-order valence-electron chi connectivity index (χ0n) is 15.4. The maximum atomic E-state index is 12.9. The molecule has 25 heavy (non-hydrogen) atoms. The molecule has 0 aliphatic carbocycles. The number of benzene rings is 1. The van der Waals surface area contributed by atoms with Gasteiger partial charge in [0, 0.05) is 13.1 Å². The molecule has 2 saturated heterocycles. The first-order chi connectivity index (χ1) is 12.2. The first-order valence-electron chi connectivity index (χ1n) is 9.92. The molecule has 2 fully saturated rings. The van der Waals surface area contributed by atoms with Crippen LogP contribution in [0.25, 0.3) is 0 Å². The van der Waals surface area contributed by atoms with Gasteiger partial charge in [-0.15, -0.1) is 0 Å². The highest BCUT2D eigenvalue weighted by molar-refractivity contribution is 5.81. The molecule has 2 aliphatic rings. The molecule has 4 nitrogen and oxygen atoms in total. The van der Waals surface area contributed by atoms with Crippen molar-refractivity contribution < 1.29 is 9.90 Å².